The Morgan fingerprint density at radius 2 is 1.75 bits per heavy atom. The SMILES string of the molecule is CSC1OC([C@H](N)[C@H](C)Sc2ccc(-c3cccnc3)cc2)C(O)C(O)C1O. The van der Waals surface area contributed by atoms with Crippen LogP contribution in [-0.2, 0) is 4.74 Å². The van der Waals surface area contributed by atoms with Crippen LogP contribution in [0.3, 0.4) is 0 Å². The average Bonchev–Trinajstić information content (AvgIpc) is 2.73. The molecule has 6 nitrogen and oxygen atoms in total. The molecule has 1 saturated heterocycles. The molecule has 1 aromatic carbocycles. The maximum atomic E-state index is 10.3. The second-order valence-corrected chi connectivity index (χ2v) is 9.23. The molecule has 3 rings (SSSR count). The van der Waals surface area contributed by atoms with Crippen molar-refractivity contribution in [3.63, 3.8) is 0 Å². The van der Waals surface area contributed by atoms with Crippen molar-refractivity contribution in [1.82, 2.24) is 4.98 Å². The number of hydrogen-bond donors (Lipinski definition) is 4. The number of ether oxygens (including phenoxy) is 1. The lowest BCUT2D eigenvalue weighted by Crippen LogP contribution is -2.62. The van der Waals surface area contributed by atoms with Gasteiger partial charge in [0, 0.05) is 28.6 Å². The second kappa shape index (κ2) is 9.58. The third kappa shape index (κ3) is 4.71. The van der Waals surface area contributed by atoms with Crippen LogP contribution in [0.4, 0.5) is 0 Å². The number of thioether (sulfide) groups is 2. The number of hydrogen-bond acceptors (Lipinski definition) is 8. The highest BCUT2D eigenvalue weighted by Crippen LogP contribution is 2.33. The van der Waals surface area contributed by atoms with Gasteiger partial charge in [-0.3, -0.25) is 4.98 Å². The lowest BCUT2D eigenvalue weighted by molar-refractivity contribution is -0.202. The molecule has 1 aliphatic rings. The molecule has 0 spiro atoms. The van der Waals surface area contributed by atoms with Gasteiger partial charge in [0.05, 0.1) is 0 Å². The number of nitrogens with zero attached hydrogens (tertiary/aromatic N) is 1. The van der Waals surface area contributed by atoms with Gasteiger partial charge in [-0.25, -0.2) is 0 Å². The van der Waals surface area contributed by atoms with E-state index in [1.807, 2.05) is 49.5 Å². The Labute approximate surface area is 173 Å². The molecule has 5 N–H and O–H groups in total. The van der Waals surface area contributed by atoms with Crippen LogP contribution in [0.5, 0.6) is 0 Å². The Morgan fingerprint density at radius 3 is 2.36 bits per heavy atom. The van der Waals surface area contributed by atoms with Gasteiger partial charge in [-0.15, -0.1) is 23.5 Å². The third-order valence-corrected chi connectivity index (χ3v) is 7.02. The Balaban J connectivity index is 1.66. The predicted octanol–water partition coefficient (Wildman–Crippen LogP) is 1.73. The molecule has 2 aromatic rings. The van der Waals surface area contributed by atoms with E-state index in [0.29, 0.717) is 0 Å². The van der Waals surface area contributed by atoms with Crippen LogP contribution in [0.25, 0.3) is 11.1 Å². The summed E-state index contributed by atoms with van der Waals surface area (Å²) in [7, 11) is 0. The number of aromatic nitrogens is 1. The lowest BCUT2D eigenvalue weighted by Gasteiger charge is -2.43. The van der Waals surface area contributed by atoms with Gasteiger partial charge in [-0.2, -0.15) is 0 Å². The largest absolute Gasteiger partial charge is 0.388 e. The van der Waals surface area contributed by atoms with E-state index in [1.165, 1.54) is 11.8 Å². The fourth-order valence-corrected chi connectivity index (χ4v) is 4.92. The van der Waals surface area contributed by atoms with Gasteiger partial charge in [0.2, 0.25) is 0 Å². The summed E-state index contributed by atoms with van der Waals surface area (Å²) in [6.45, 7) is 1.96. The maximum absolute atomic E-state index is 10.3. The van der Waals surface area contributed by atoms with Crippen molar-refractivity contribution in [2.75, 3.05) is 6.26 Å². The van der Waals surface area contributed by atoms with Gasteiger partial charge >= 0.3 is 0 Å². The van der Waals surface area contributed by atoms with Crippen LogP contribution in [0, 0.1) is 0 Å². The van der Waals surface area contributed by atoms with E-state index < -0.39 is 35.9 Å². The summed E-state index contributed by atoms with van der Waals surface area (Å²) in [6, 6.07) is 11.5. The van der Waals surface area contributed by atoms with Crippen LogP contribution in [0.15, 0.2) is 53.7 Å². The molecule has 0 bridgehead atoms. The number of benzene rings is 1. The van der Waals surface area contributed by atoms with E-state index in [4.69, 9.17) is 10.5 Å². The van der Waals surface area contributed by atoms with Gasteiger partial charge in [0.25, 0.3) is 0 Å². The van der Waals surface area contributed by atoms with Gasteiger partial charge in [0.1, 0.15) is 29.9 Å². The van der Waals surface area contributed by atoms with Crippen molar-refractivity contribution < 1.29 is 20.1 Å². The summed E-state index contributed by atoms with van der Waals surface area (Å²) in [6.07, 6.45) is 0.940. The molecule has 1 aromatic heterocycles. The van der Waals surface area contributed by atoms with Crippen molar-refractivity contribution in [3.8, 4) is 11.1 Å². The molecule has 28 heavy (non-hydrogen) atoms. The topological polar surface area (TPSA) is 109 Å². The van der Waals surface area contributed by atoms with E-state index in [9.17, 15) is 15.3 Å². The molecule has 0 aliphatic carbocycles. The molecule has 0 saturated carbocycles. The summed E-state index contributed by atoms with van der Waals surface area (Å²) in [4.78, 5) is 5.18. The second-order valence-electron chi connectivity index (χ2n) is 6.84. The first-order valence-corrected chi connectivity index (χ1v) is 11.2. The van der Waals surface area contributed by atoms with Crippen molar-refractivity contribution in [1.29, 1.82) is 0 Å². The zero-order chi connectivity index (χ0) is 20.3. The highest BCUT2D eigenvalue weighted by molar-refractivity contribution is 8.00. The molecular formula is C20H26N2O4S2. The van der Waals surface area contributed by atoms with Crippen LogP contribution in [0.1, 0.15) is 6.92 Å². The first kappa shape index (κ1) is 21.6. The number of nitrogens with two attached hydrogens (primary N) is 1. The number of pyridine rings is 1. The smallest absolute Gasteiger partial charge is 0.132 e. The molecule has 8 heteroatoms. The fraction of sp³-hybridized carbons (Fsp3) is 0.450. The monoisotopic (exact) mass is 422 g/mol. The predicted molar refractivity (Wildman–Crippen MR) is 113 cm³/mol. The molecule has 5 unspecified atom stereocenters. The molecule has 2 heterocycles. The summed E-state index contributed by atoms with van der Waals surface area (Å²) >= 11 is 2.86. The van der Waals surface area contributed by atoms with Crippen LogP contribution in [-0.4, -0.2) is 67.7 Å². The zero-order valence-electron chi connectivity index (χ0n) is 15.8. The van der Waals surface area contributed by atoms with E-state index in [0.717, 1.165) is 16.0 Å². The van der Waals surface area contributed by atoms with E-state index in [1.54, 1.807) is 24.2 Å². The summed E-state index contributed by atoms with van der Waals surface area (Å²) < 4.78 is 5.79. The first-order chi connectivity index (χ1) is 13.4. The lowest BCUT2D eigenvalue weighted by atomic mass is 9.94. The van der Waals surface area contributed by atoms with Crippen molar-refractivity contribution in [2.45, 2.75) is 53.0 Å². The number of aliphatic hydroxyl groups excluding tert-OH is 3. The molecule has 152 valence electrons. The molecule has 1 aliphatic heterocycles. The maximum Gasteiger partial charge on any atom is 0.132 e. The Kier molecular flexibility index (Phi) is 7.38. The van der Waals surface area contributed by atoms with Gasteiger partial charge in [-0.1, -0.05) is 25.1 Å². The average molecular weight is 423 g/mol. The van der Waals surface area contributed by atoms with Gasteiger partial charge in [0.15, 0.2) is 0 Å². The van der Waals surface area contributed by atoms with E-state index in [-0.39, 0.29) is 5.25 Å². The Hall–Kier alpha value is -1.13. The third-order valence-electron chi connectivity index (χ3n) is 4.93. The molecule has 7 atom stereocenters. The van der Waals surface area contributed by atoms with E-state index in [2.05, 4.69) is 4.98 Å². The minimum absolute atomic E-state index is 0.0751. The van der Waals surface area contributed by atoms with E-state index >= 15 is 0 Å². The standard InChI is InChI=1S/C20H26N2O4S2/c1-11(15(21)19-17(24)16(23)18(25)20(26-19)27-2)28-14-7-5-12(6-8-14)13-4-3-9-22-10-13/h3-11,15-20,23-25H,21H2,1-2H3/t11-,15+,16?,17?,18?,19?,20?/m0/s1. The summed E-state index contributed by atoms with van der Waals surface area (Å²) in [5.74, 6) is 0. The van der Waals surface area contributed by atoms with Crippen LogP contribution in [0.2, 0.25) is 0 Å². The summed E-state index contributed by atoms with van der Waals surface area (Å²) in [5, 5.41) is 30.4. The van der Waals surface area contributed by atoms with Crippen LogP contribution >= 0.6 is 23.5 Å². The molecule has 1 fully saturated rings. The summed E-state index contributed by atoms with van der Waals surface area (Å²) in [5.41, 5.74) is 7.88. The zero-order valence-corrected chi connectivity index (χ0v) is 17.4. The van der Waals surface area contributed by atoms with Crippen molar-refractivity contribution >= 4 is 23.5 Å². The highest BCUT2D eigenvalue weighted by atomic mass is 32.2. The van der Waals surface area contributed by atoms with Crippen molar-refractivity contribution in [2.24, 2.45) is 5.73 Å². The quantitative estimate of drug-likeness (QED) is 0.521. The Bertz CT molecular complexity index is 748. The van der Waals surface area contributed by atoms with Crippen LogP contribution < -0.4 is 5.73 Å². The number of rotatable bonds is 6. The molecule has 0 amide bonds. The normalized spacial score (nSPS) is 30.0. The van der Waals surface area contributed by atoms with Crippen molar-refractivity contribution in [3.05, 3.63) is 48.8 Å². The highest BCUT2D eigenvalue weighted by Gasteiger charge is 2.46. The Morgan fingerprint density at radius 1 is 1.04 bits per heavy atom. The minimum Gasteiger partial charge on any atom is -0.388 e. The van der Waals surface area contributed by atoms with Gasteiger partial charge < -0.3 is 25.8 Å². The first-order valence-electron chi connectivity index (χ1n) is 9.07. The molecular weight excluding hydrogens is 396 g/mol. The fourth-order valence-electron chi connectivity index (χ4n) is 3.21. The number of aliphatic hydroxyl groups is 3. The van der Waals surface area contributed by atoms with Gasteiger partial charge in [-0.05, 0) is 35.6 Å². The molecule has 0 radical (unpaired) electrons. The minimum atomic E-state index is -1.28.